The molecule has 1 aromatic carbocycles. The first kappa shape index (κ1) is 11.3. The molecule has 0 saturated heterocycles. The van der Waals surface area contributed by atoms with Crippen molar-refractivity contribution in [1.29, 1.82) is 0 Å². The van der Waals surface area contributed by atoms with E-state index in [4.69, 9.17) is 5.73 Å². The Balaban J connectivity index is 2.08. The summed E-state index contributed by atoms with van der Waals surface area (Å²) in [5.74, 6) is 0.351. The third-order valence-corrected chi connectivity index (χ3v) is 2.33. The van der Waals surface area contributed by atoms with E-state index < -0.39 is 0 Å². The molecule has 2 rings (SSSR count). The van der Waals surface area contributed by atoms with Crippen LogP contribution in [0.4, 0.5) is 16.0 Å². The van der Waals surface area contributed by atoms with Crippen molar-refractivity contribution in [2.24, 2.45) is 0 Å². The van der Waals surface area contributed by atoms with Gasteiger partial charge in [-0.2, -0.15) is 0 Å². The number of nitrogens with two attached hydrogens (primary N) is 1. The van der Waals surface area contributed by atoms with Gasteiger partial charge in [0.1, 0.15) is 5.82 Å². The minimum Gasteiger partial charge on any atom is -0.396 e. The Morgan fingerprint density at radius 3 is 2.35 bits per heavy atom. The van der Waals surface area contributed by atoms with Gasteiger partial charge in [-0.15, -0.1) is 0 Å². The van der Waals surface area contributed by atoms with E-state index in [-0.39, 0.29) is 5.82 Å². The van der Waals surface area contributed by atoms with E-state index in [2.05, 4.69) is 9.97 Å². The molecule has 5 heteroatoms. The second-order valence-corrected chi connectivity index (χ2v) is 3.80. The van der Waals surface area contributed by atoms with Crippen LogP contribution in [0.5, 0.6) is 0 Å². The smallest absolute Gasteiger partial charge is 0.225 e. The van der Waals surface area contributed by atoms with E-state index in [9.17, 15) is 4.39 Å². The molecule has 0 saturated carbocycles. The number of benzene rings is 1. The minimum absolute atomic E-state index is 0.236. The van der Waals surface area contributed by atoms with Crippen LogP contribution >= 0.6 is 0 Å². The molecule has 17 heavy (non-hydrogen) atoms. The van der Waals surface area contributed by atoms with Crippen molar-refractivity contribution in [1.82, 2.24) is 9.97 Å². The first-order valence-corrected chi connectivity index (χ1v) is 5.18. The van der Waals surface area contributed by atoms with Crippen LogP contribution in [-0.2, 0) is 6.54 Å². The summed E-state index contributed by atoms with van der Waals surface area (Å²) in [5, 5.41) is 0. The predicted molar refractivity (Wildman–Crippen MR) is 65.0 cm³/mol. The third kappa shape index (κ3) is 2.90. The molecule has 2 N–H and O–H groups in total. The highest BCUT2D eigenvalue weighted by Crippen LogP contribution is 2.11. The van der Waals surface area contributed by atoms with E-state index in [1.165, 1.54) is 12.1 Å². The molecular weight excluding hydrogens is 219 g/mol. The van der Waals surface area contributed by atoms with Gasteiger partial charge < -0.3 is 10.6 Å². The van der Waals surface area contributed by atoms with Crippen molar-refractivity contribution in [3.8, 4) is 0 Å². The van der Waals surface area contributed by atoms with Crippen LogP contribution in [0, 0.1) is 5.82 Å². The fraction of sp³-hybridized carbons (Fsp3) is 0.167. The largest absolute Gasteiger partial charge is 0.396 e. The van der Waals surface area contributed by atoms with Crippen LogP contribution in [0.25, 0.3) is 0 Å². The molecular formula is C12H13FN4. The lowest BCUT2D eigenvalue weighted by Gasteiger charge is -2.16. The molecule has 0 spiro atoms. The lowest BCUT2D eigenvalue weighted by molar-refractivity contribution is 0.627. The minimum atomic E-state index is -0.236. The van der Waals surface area contributed by atoms with E-state index in [0.717, 1.165) is 5.56 Å². The van der Waals surface area contributed by atoms with Gasteiger partial charge in [0, 0.05) is 13.6 Å². The van der Waals surface area contributed by atoms with Gasteiger partial charge in [0.05, 0.1) is 18.1 Å². The van der Waals surface area contributed by atoms with Gasteiger partial charge in [0.15, 0.2) is 0 Å². The van der Waals surface area contributed by atoms with E-state index in [1.807, 2.05) is 11.9 Å². The Morgan fingerprint density at radius 2 is 1.76 bits per heavy atom. The molecule has 0 bridgehead atoms. The van der Waals surface area contributed by atoms with Crippen molar-refractivity contribution < 1.29 is 4.39 Å². The number of aromatic nitrogens is 2. The standard InChI is InChI=1S/C12H13FN4/c1-17(12-15-6-11(14)7-16-12)8-9-2-4-10(13)5-3-9/h2-7H,8,14H2,1H3. The van der Waals surface area contributed by atoms with E-state index in [0.29, 0.717) is 18.2 Å². The molecule has 0 fully saturated rings. The maximum Gasteiger partial charge on any atom is 0.225 e. The van der Waals surface area contributed by atoms with Crippen LogP contribution in [-0.4, -0.2) is 17.0 Å². The monoisotopic (exact) mass is 232 g/mol. The highest BCUT2D eigenvalue weighted by Gasteiger charge is 2.04. The van der Waals surface area contributed by atoms with Crippen LogP contribution in [0.15, 0.2) is 36.7 Å². The summed E-state index contributed by atoms with van der Waals surface area (Å²) in [7, 11) is 1.87. The summed E-state index contributed by atoms with van der Waals surface area (Å²) in [5.41, 5.74) is 7.04. The lowest BCUT2D eigenvalue weighted by atomic mass is 10.2. The molecule has 0 radical (unpaired) electrons. The Labute approximate surface area is 98.9 Å². The van der Waals surface area contributed by atoms with Crippen LogP contribution in [0.1, 0.15) is 5.56 Å². The number of halogens is 1. The number of hydrogen-bond acceptors (Lipinski definition) is 4. The number of nitrogens with zero attached hydrogens (tertiary/aromatic N) is 3. The van der Waals surface area contributed by atoms with E-state index >= 15 is 0 Å². The highest BCUT2D eigenvalue weighted by molar-refractivity contribution is 5.38. The molecule has 1 aromatic heterocycles. The molecule has 4 nitrogen and oxygen atoms in total. The van der Waals surface area contributed by atoms with E-state index in [1.54, 1.807) is 24.5 Å². The summed E-state index contributed by atoms with van der Waals surface area (Å²) in [4.78, 5) is 10.1. The first-order chi connectivity index (χ1) is 8.15. The van der Waals surface area contributed by atoms with Gasteiger partial charge >= 0.3 is 0 Å². The fourth-order valence-corrected chi connectivity index (χ4v) is 1.46. The second-order valence-electron chi connectivity index (χ2n) is 3.80. The average Bonchev–Trinajstić information content (AvgIpc) is 2.33. The summed E-state index contributed by atoms with van der Waals surface area (Å²) < 4.78 is 12.7. The first-order valence-electron chi connectivity index (χ1n) is 5.18. The van der Waals surface area contributed by atoms with Crippen molar-refractivity contribution in [2.75, 3.05) is 17.7 Å². The average molecular weight is 232 g/mol. The number of anilines is 2. The normalized spacial score (nSPS) is 10.2. The molecule has 0 aliphatic rings. The van der Waals surface area contributed by atoms with Crippen molar-refractivity contribution >= 4 is 11.6 Å². The van der Waals surface area contributed by atoms with Crippen LogP contribution in [0.3, 0.4) is 0 Å². The molecule has 0 unspecified atom stereocenters. The zero-order valence-corrected chi connectivity index (χ0v) is 9.47. The van der Waals surface area contributed by atoms with Crippen molar-refractivity contribution in [3.63, 3.8) is 0 Å². The molecule has 0 aliphatic carbocycles. The number of hydrogen-bond donors (Lipinski definition) is 1. The van der Waals surface area contributed by atoms with Crippen molar-refractivity contribution in [2.45, 2.75) is 6.54 Å². The van der Waals surface area contributed by atoms with Gasteiger partial charge in [-0.05, 0) is 17.7 Å². The molecule has 88 valence electrons. The summed E-state index contributed by atoms with van der Waals surface area (Å²) in [6.07, 6.45) is 3.12. The quantitative estimate of drug-likeness (QED) is 0.877. The SMILES string of the molecule is CN(Cc1ccc(F)cc1)c1ncc(N)cn1. The Hall–Kier alpha value is -2.17. The summed E-state index contributed by atoms with van der Waals surface area (Å²) in [6.45, 7) is 0.615. The van der Waals surface area contributed by atoms with Gasteiger partial charge in [0.2, 0.25) is 5.95 Å². The van der Waals surface area contributed by atoms with Crippen molar-refractivity contribution in [3.05, 3.63) is 48.0 Å². The lowest BCUT2D eigenvalue weighted by Crippen LogP contribution is -2.19. The predicted octanol–water partition coefficient (Wildman–Crippen LogP) is 1.83. The summed E-state index contributed by atoms with van der Waals surface area (Å²) >= 11 is 0. The Bertz CT molecular complexity index is 481. The molecule has 1 heterocycles. The molecule has 0 aliphatic heterocycles. The summed E-state index contributed by atoms with van der Waals surface area (Å²) in [6, 6.07) is 6.35. The molecule has 0 amide bonds. The maximum absolute atomic E-state index is 12.7. The number of nitrogen functional groups attached to an aromatic ring is 1. The molecule has 2 aromatic rings. The Kier molecular flexibility index (Phi) is 3.18. The topological polar surface area (TPSA) is 55.0 Å². The zero-order chi connectivity index (χ0) is 12.3. The Morgan fingerprint density at radius 1 is 1.18 bits per heavy atom. The van der Waals surface area contributed by atoms with Crippen LogP contribution in [0.2, 0.25) is 0 Å². The second kappa shape index (κ2) is 4.78. The van der Waals surface area contributed by atoms with Gasteiger partial charge in [0.25, 0.3) is 0 Å². The fourth-order valence-electron chi connectivity index (χ4n) is 1.46. The molecule has 0 atom stereocenters. The highest BCUT2D eigenvalue weighted by atomic mass is 19.1. The third-order valence-electron chi connectivity index (χ3n) is 2.33. The van der Waals surface area contributed by atoms with Gasteiger partial charge in [-0.3, -0.25) is 0 Å². The zero-order valence-electron chi connectivity index (χ0n) is 9.47. The van der Waals surface area contributed by atoms with Gasteiger partial charge in [-0.1, -0.05) is 12.1 Å². The number of rotatable bonds is 3. The van der Waals surface area contributed by atoms with Crippen LogP contribution < -0.4 is 10.6 Å². The maximum atomic E-state index is 12.7. The van der Waals surface area contributed by atoms with Gasteiger partial charge in [-0.25, -0.2) is 14.4 Å².